The number of aromatic nitrogens is 3. The molecule has 0 bridgehead atoms. The molecule has 4 aromatic rings. The maximum atomic E-state index is 12.1. The lowest BCUT2D eigenvalue weighted by atomic mass is 10.1. The van der Waals surface area contributed by atoms with Gasteiger partial charge in [-0.1, -0.05) is 69.8 Å². The summed E-state index contributed by atoms with van der Waals surface area (Å²) in [5.74, 6) is 4.79. The number of hydrogen-bond acceptors (Lipinski definition) is 9. The average molecular weight is 501 g/mol. The van der Waals surface area contributed by atoms with E-state index in [1.807, 2.05) is 30.3 Å². The van der Waals surface area contributed by atoms with Crippen molar-refractivity contribution in [2.45, 2.75) is 24.9 Å². The predicted octanol–water partition coefficient (Wildman–Crippen LogP) is 4.66. The van der Waals surface area contributed by atoms with Crippen LogP contribution in [0.1, 0.15) is 34.2 Å². The summed E-state index contributed by atoms with van der Waals surface area (Å²) in [7, 11) is 0. The summed E-state index contributed by atoms with van der Waals surface area (Å²) in [6.45, 7) is 0.0879. The highest BCUT2D eigenvalue weighted by molar-refractivity contribution is 7.26. The normalized spacial score (nSPS) is 13.8. The van der Waals surface area contributed by atoms with Gasteiger partial charge in [-0.25, -0.2) is 14.8 Å². The number of fused-ring (bicyclic) bond motifs is 1. The fourth-order valence-electron chi connectivity index (χ4n) is 2.98. The molecule has 166 valence electrons. The molecule has 1 aliphatic rings. The number of carbonyl (C=O) groups is 2. The third kappa shape index (κ3) is 4.28. The molecule has 1 saturated carbocycles. The van der Waals surface area contributed by atoms with Crippen molar-refractivity contribution in [3.05, 3.63) is 56.8 Å². The molecule has 3 aromatic heterocycles. The van der Waals surface area contributed by atoms with Crippen LogP contribution in [0.25, 0.3) is 9.66 Å². The number of halogens is 1. The van der Waals surface area contributed by atoms with Crippen LogP contribution in [0.15, 0.2) is 34.9 Å². The van der Waals surface area contributed by atoms with Crippen LogP contribution in [0.2, 0.25) is 5.15 Å². The van der Waals surface area contributed by atoms with Gasteiger partial charge in [0.05, 0.1) is 0 Å². The van der Waals surface area contributed by atoms with Crippen LogP contribution < -0.4 is 5.32 Å². The van der Waals surface area contributed by atoms with E-state index >= 15 is 0 Å². The number of nitrogens with one attached hydrogen (secondary N) is 1. The summed E-state index contributed by atoms with van der Waals surface area (Å²) in [5.41, 5.74) is 0.0714. The SMILES string of the molecule is O=C(Nc1c(Cl)noc1C#Cc1nc2sc(C3(C(=O)O)CC3)nc2s1)OCc1ccccc1. The Labute approximate surface area is 199 Å². The van der Waals surface area contributed by atoms with Crippen LogP contribution in [0, 0.1) is 11.8 Å². The minimum absolute atomic E-state index is 0.0478. The zero-order valence-electron chi connectivity index (χ0n) is 16.6. The Morgan fingerprint density at radius 2 is 1.94 bits per heavy atom. The summed E-state index contributed by atoms with van der Waals surface area (Å²) in [5, 5.41) is 16.5. The van der Waals surface area contributed by atoms with Gasteiger partial charge in [0.1, 0.15) is 22.7 Å². The monoisotopic (exact) mass is 500 g/mol. The number of aliphatic carboxylic acids is 1. The van der Waals surface area contributed by atoms with Crippen LogP contribution >= 0.6 is 34.3 Å². The molecule has 2 N–H and O–H groups in total. The van der Waals surface area contributed by atoms with E-state index in [1.54, 1.807) is 0 Å². The molecule has 0 unspecified atom stereocenters. The number of thiazole rings is 2. The minimum Gasteiger partial charge on any atom is -0.481 e. The van der Waals surface area contributed by atoms with Gasteiger partial charge < -0.3 is 14.4 Å². The van der Waals surface area contributed by atoms with Gasteiger partial charge in [0.15, 0.2) is 19.8 Å². The van der Waals surface area contributed by atoms with Crippen LogP contribution in [0.4, 0.5) is 10.5 Å². The van der Waals surface area contributed by atoms with Gasteiger partial charge in [-0.15, -0.1) is 0 Å². The van der Waals surface area contributed by atoms with Crippen LogP contribution in [0.5, 0.6) is 0 Å². The zero-order valence-corrected chi connectivity index (χ0v) is 19.0. The summed E-state index contributed by atoms with van der Waals surface area (Å²) in [6, 6.07) is 9.22. The molecule has 0 saturated heterocycles. The fraction of sp³-hybridized carbons (Fsp3) is 0.190. The molecule has 1 aromatic carbocycles. The first kappa shape index (κ1) is 21.4. The highest BCUT2D eigenvalue weighted by Gasteiger charge is 2.54. The van der Waals surface area contributed by atoms with E-state index in [1.165, 1.54) is 22.7 Å². The molecule has 0 aliphatic heterocycles. The Kier molecular flexibility index (Phi) is 5.49. The molecule has 1 amide bonds. The number of nitrogens with zero attached hydrogens (tertiary/aromatic N) is 3. The maximum absolute atomic E-state index is 12.1. The Balaban J connectivity index is 1.29. The molecular weight excluding hydrogens is 488 g/mol. The number of amides is 1. The van der Waals surface area contributed by atoms with Crippen molar-refractivity contribution in [3.8, 4) is 11.8 Å². The standard InChI is InChI=1S/C21H13ClN4O5S2/c22-15-14(24-20(29)30-10-11-4-2-1-3-5-11)12(31-26-15)6-7-13-23-16-17(32-13)25-18(33-16)21(8-9-21)19(27)28/h1-5H,8-10H2,(H,24,29)(H,27,28). The molecule has 1 aliphatic carbocycles. The Hall–Kier alpha value is -3.46. The number of ether oxygens (including phenoxy) is 1. The first-order chi connectivity index (χ1) is 15.9. The highest BCUT2D eigenvalue weighted by atomic mass is 35.5. The first-order valence-corrected chi connectivity index (χ1v) is 11.6. The van der Waals surface area contributed by atoms with Crippen molar-refractivity contribution in [2.24, 2.45) is 0 Å². The number of carboxylic acid groups (broad SMARTS) is 1. The highest BCUT2D eigenvalue weighted by Crippen LogP contribution is 2.50. The molecule has 9 nitrogen and oxygen atoms in total. The van der Waals surface area contributed by atoms with Crippen LogP contribution in [0.3, 0.4) is 0 Å². The quantitative estimate of drug-likeness (QED) is 0.379. The van der Waals surface area contributed by atoms with E-state index < -0.39 is 17.5 Å². The van der Waals surface area contributed by atoms with Gasteiger partial charge >= 0.3 is 12.1 Å². The van der Waals surface area contributed by atoms with Gasteiger partial charge in [0, 0.05) is 0 Å². The second kappa shape index (κ2) is 8.47. The lowest BCUT2D eigenvalue weighted by molar-refractivity contribution is -0.140. The third-order valence-corrected chi connectivity index (χ3v) is 7.32. The summed E-state index contributed by atoms with van der Waals surface area (Å²) < 4.78 is 10.3. The summed E-state index contributed by atoms with van der Waals surface area (Å²) >= 11 is 8.52. The Bertz CT molecular complexity index is 1400. The molecule has 5 rings (SSSR count). The van der Waals surface area contributed by atoms with E-state index in [-0.39, 0.29) is 23.2 Å². The van der Waals surface area contributed by atoms with Crippen LogP contribution in [-0.2, 0) is 21.6 Å². The molecule has 33 heavy (non-hydrogen) atoms. The van der Waals surface area contributed by atoms with Gasteiger partial charge in [-0.2, -0.15) is 0 Å². The number of carbonyl (C=O) groups excluding carboxylic acids is 1. The summed E-state index contributed by atoms with van der Waals surface area (Å²) in [6.07, 6.45) is 0.447. The second-order valence-corrected chi connectivity index (χ2v) is 9.46. The maximum Gasteiger partial charge on any atom is 0.412 e. The van der Waals surface area contributed by atoms with Crippen molar-refractivity contribution in [2.75, 3.05) is 5.32 Å². The summed E-state index contributed by atoms with van der Waals surface area (Å²) in [4.78, 5) is 33.8. The zero-order chi connectivity index (χ0) is 23.0. The van der Waals surface area contributed by atoms with E-state index in [2.05, 4.69) is 32.3 Å². The van der Waals surface area contributed by atoms with Crippen molar-refractivity contribution in [1.29, 1.82) is 0 Å². The van der Waals surface area contributed by atoms with Gasteiger partial charge in [0.25, 0.3) is 0 Å². The predicted molar refractivity (Wildman–Crippen MR) is 122 cm³/mol. The largest absolute Gasteiger partial charge is 0.481 e. The number of hydrogen-bond donors (Lipinski definition) is 2. The van der Waals surface area contributed by atoms with Crippen molar-refractivity contribution >= 4 is 61.7 Å². The van der Waals surface area contributed by atoms with Gasteiger partial charge in [-0.05, 0) is 30.2 Å². The van der Waals surface area contributed by atoms with E-state index in [9.17, 15) is 14.7 Å². The molecule has 12 heteroatoms. The smallest absolute Gasteiger partial charge is 0.412 e. The third-order valence-electron chi connectivity index (χ3n) is 4.92. The van der Waals surface area contributed by atoms with E-state index in [4.69, 9.17) is 20.9 Å². The Morgan fingerprint density at radius 3 is 2.64 bits per heavy atom. The molecule has 0 radical (unpaired) electrons. The lowest BCUT2D eigenvalue weighted by Gasteiger charge is -2.05. The topological polar surface area (TPSA) is 127 Å². The molecule has 0 spiro atoms. The molecular formula is C21H13ClN4O5S2. The average Bonchev–Trinajstić information content (AvgIpc) is 3.24. The first-order valence-electron chi connectivity index (χ1n) is 9.61. The molecule has 3 heterocycles. The van der Waals surface area contributed by atoms with Crippen LogP contribution in [-0.4, -0.2) is 32.3 Å². The van der Waals surface area contributed by atoms with Crippen molar-refractivity contribution < 1.29 is 24.0 Å². The Morgan fingerprint density at radius 1 is 1.18 bits per heavy atom. The van der Waals surface area contributed by atoms with Gasteiger partial charge in [0.2, 0.25) is 5.76 Å². The van der Waals surface area contributed by atoms with E-state index in [0.29, 0.717) is 32.5 Å². The second-order valence-electron chi connectivity index (χ2n) is 7.15. The lowest BCUT2D eigenvalue weighted by Crippen LogP contribution is -2.18. The van der Waals surface area contributed by atoms with Gasteiger partial charge in [-0.3, -0.25) is 10.1 Å². The molecule has 0 atom stereocenters. The minimum atomic E-state index is -0.858. The van der Waals surface area contributed by atoms with Crippen molar-refractivity contribution in [3.63, 3.8) is 0 Å². The number of carboxylic acids is 1. The number of anilines is 1. The number of benzene rings is 1. The van der Waals surface area contributed by atoms with E-state index in [0.717, 1.165) is 5.56 Å². The number of rotatable bonds is 5. The van der Waals surface area contributed by atoms with Crippen molar-refractivity contribution in [1.82, 2.24) is 15.1 Å². The fourth-order valence-corrected chi connectivity index (χ4v) is 5.28. The molecule has 1 fully saturated rings.